The first-order valence-electron chi connectivity index (χ1n) is 3.95. The largest absolute Gasteiger partial charge is 0.480 e. The number of carboxylic acid groups (broad SMARTS) is 1. The van der Waals surface area contributed by atoms with Crippen LogP contribution in [0.15, 0.2) is 5.29 Å². The molecule has 6 heteroatoms. The molecule has 1 rings (SSSR count). The van der Waals surface area contributed by atoms with Crippen LogP contribution in [0.25, 0.3) is 0 Å². The van der Waals surface area contributed by atoms with Crippen molar-refractivity contribution in [2.75, 3.05) is 13.2 Å². The summed E-state index contributed by atoms with van der Waals surface area (Å²) < 4.78 is 5.25. The lowest BCUT2D eigenvalue weighted by Gasteiger charge is -2.40. The molecule has 0 aliphatic carbocycles. The Morgan fingerprint density at radius 2 is 2.31 bits per heavy atom. The van der Waals surface area contributed by atoms with E-state index in [0.717, 1.165) is 5.01 Å². The van der Waals surface area contributed by atoms with Gasteiger partial charge in [-0.15, -0.1) is 4.91 Å². The number of aliphatic carboxylic acids is 1. The van der Waals surface area contributed by atoms with Crippen molar-refractivity contribution in [3.63, 3.8) is 0 Å². The first-order chi connectivity index (χ1) is 5.99. The normalized spacial score (nSPS) is 26.9. The van der Waals surface area contributed by atoms with Crippen LogP contribution < -0.4 is 0 Å². The van der Waals surface area contributed by atoms with E-state index >= 15 is 0 Å². The van der Waals surface area contributed by atoms with E-state index in [0.29, 0.717) is 6.61 Å². The standard InChI is InChI=1S/C7H12N2O4/c1-7(2)5(6(10)11)9(8-12)3-4-13-7/h5H,3-4H2,1-2H3,(H,10,11). The summed E-state index contributed by atoms with van der Waals surface area (Å²) >= 11 is 0. The molecule has 0 bridgehead atoms. The number of hydrogen-bond acceptors (Lipinski definition) is 4. The van der Waals surface area contributed by atoms with Gasteiger partial charge in [-0.05, 0) is 13.8 Å². The van der Waals surface area contributed by atoms with E-state index in [2.05, 4.69) is 5.29 Å². The van der Waals surface area contributed by atoms with Crippen molar-refractivity contribution in [1.29, 1.82) is 0 Å². The van der Waals surface area contributed by atoms with Crippen molar-refractivity contribution in [2.24, 2.45) is 5.29 Å². The van der Waals surface area contributed by atoms with Gasteiger partial charge in [0.15, 0.2) is 6.04 Å². The van der Waals surface area contributed by atoms with E-state index in [1.807, 2.05) is 0 Å². The third-order valence-corrected chi connectivity index (χ3v) is 2.09. The van der Waals surface area contributed by atoms with Crippen LogP contribution in [-0.2, 0) is 9.53 Å². The van der Waals surface area contributed by atoms with Crippen LogP contribution in [0, 0.1) is 4.91 Å². The molecule has 0 radical (unpaired) electrons. The fourth-order valence-corrected chi connectivity index (χ4v) is 1.48. The summed E-state index contributed by atoms with van der Waals surface area (Å²) in [5.74, 6) is -1.09. The molecule has 1 atom stereocenters. The highest BCUT2D eigenvalue weighted by Gasteiger charge is 2.44. The molecule has 0 aromatic rings. The number of carbonyl (C=O) groups is 1. The van der Waals surface area contributed by atoms with Crippen LogP contribution in [0.2, 0.25) is 0 Å². The molecule has 0 aromatic carbocycles. The smallest absolute Gasteiger partial charge is 0.331 e. The average Bonchev–Trinajstić information content (AvgIpc) is 2.01. The summed E-state index contributed by atoms with van der Waals surface area (Å²) in [5.41, 5.74) is -0.877. The number of hydrogen-bond donors (Lipinski definition) is 1. The molecule has 0 amide bonds. The summed E-state index contributed by atoms with van der Waals surface area (Å²) in [6, 6.07) is -1.00. The first kappa shape index (κ1) is 9.91. The quantitative estimate of drug-likeness (QED) is 0.627. The third-order valence-electron chi connectivity index (χ3n) is 2.09. The van der Waals surface area contributed by atoms with Gasteiger partial charge in [-0.3, -0.25) is 0 Å². The zero-order valence-electron chi connectivity index (χ0n) is 7.56. The summed E-state index contributed by atoms with van der Waals surface area (Å²) in [5, 5.41) is 12.5. The number of nitroso groups, excluding NO2 is 1. The molecule has 6 nitrogen and oxygen atoms in total. The number of morpholine rings is 1. The van der Waals surface area contributed by atoms with Gasteiger partial charge in [-0.1, -0.05) is 0 Å². The lowest BCUT2D eigenvalue weighted by Crippen LogP contribution is -2.58. The molecule has 0 spiro atoms. The van der Waals surface area contributed by atoms with E-state index in [4.69, 9.17) is 9.84 Å². The fraction of sp³-hybridized carbons (Fsp3) is 0.857. The molecule has 0 aromatic heterocycles. The Morgan fingerprint density at radius 3 is 2.69 bits per heavy atom. The van der Waals surface area contributed by atoms with Crippen molar-refractivity contribution in [1.82, 2.24) is 5.01 Å². The number of nitrogens with zero attached hydrogens (tertiary/aromatic N) is 2. The molecule has 1 aliphatic rings. The topological polar surface area (TPSA) is 79.2 Å². The zero-order valence-corrected chi connectivity index (χ0v) is 7.56. The van der Waals surface area contributed by atoms with E-state index in [9.17, 15) is 9.70 Å². The Hall–Kier alpha value is -1.17. The van der Waals surface area contributed by atoms with Crippen LogP contribution in [0.1, 0.15) is 13.8 Å². The van der Waals surface area contributed by atoms with Gasteiger partial charge in [0, 0.05) is 0 Å². The highest BCUT2D eigenvalue weighted by Crippen LogP contribution is 2.24. The molecule has 13 heavy (non-hydrogen) atoms. The predicted molar refractivity (Wildman–Crippen MR) is 44.0 cm³/mol. The van der Waals surface area contributed by atoms with Gasteiger partial charge in [-0.25, -0.2) is 9.80 Å². The summed E-state index contributed by atoms with van der Waals surface area (Å²) in [4.78, 5) is 21.1. The van der Waals surface area contributed by atoms with Gasteiger partial charge in [-0.2, -0.15) is 0 Å². The molecular weight excluding hydrogens is 176 g/mol. The number of carboxylic acids is 1. The minimum Gasteiger partial charge on any atom is -0.480 e. The van der Waals surface area contributed by atoms with E-state index in [1.54, 1.807) is 13.8 Å². The zero-order chi connectivity index (χ0) is 10.1. The van der Waals surface area contributed by atoms with Gasteiger partial charge >= 0.3 is 5.97 Å². The van der Waals surface area contributed by atoms with Gasteiger partial charge in [0.2, 0.25) is 0 Å². The van der Waals surface area contributed by atoms with Crippen molar-refractivity contribution in [2.45, 2.75) is 25.5 Å². The molecule has 1 N–H and O–H groups in total. The second kappa shape index (κ2) is 3.29. The van der Waals surface area contributed by atoms with Crippen LogP contribution in [0.4, 0.5) is 0 Å². The van der Waals surface area contributed by atoms with Gasteiger partial charge in [0.25, 0.3) is 0 Å². The average molecular weight is 188 g/mol. The van der Waals surface area contributed by atoms with Crippen molar-refractivity contribution in [3.05, 3.63) is 4.91 Å². The summed E-state index contributed by atoms with van der Waals surface area (Å²) in [6.45, 7) is 3.80. The van der Waals surface area contributed by atoms with Crippen molar-refractivity contribution in [3.8, 4) is 0 Å². The molecule has 1 heterocycles. The van der Waals surface area contributed by atoms with E-state index in [-0.39, 0.29) is 6.54 Å². The van der Waals surface area contributed by atoms with E-state index in [1.165, 1.54) is 0 Å². The van der Waals surface area contributed by atoms with Crippen LogP contribution >= 0.6 is 0 Å². The van der Waals surface area contributed by atoms with Crippen LogP contribution in [0.5, 0.6) is 0 Å². The van der Waals surface area contributed by atoms with E-state index < -0.39 is 17.6 Å². The maximum absolute atomic E-state index is 10.8. The molecular formula is C7H12N2O4. The second-order valence-electron chi connectivity index (χ2n) is 3.44. The van der Waals surface area contributed by atoms with Crippen LogP contribution in [0.3, 0.4) is 0 Å². The number of ether oxygens (including phenoxy) is 1. The van der Waals surface area contributed by atoms with Gasteiger partial charge < -0.3 is 9.84 Å². The number of rotatable bonds is 2. The van der Waals surface area contributed by atoms with Gasteiger partial charge in [0.05, 0.1) is 24.0 Å². The first-order valence-corrected chi connectivity index (χ1v) is 3.95. The molecule has 1 unspecified atom stereocenters. The fourth-order valence-electron chi connectivity index (χ4n) is 1.48. The molecule has 1 aliphatic heterocycles. The summed E-state index contributed by atoms with van der Waals surface area (Å²) in [6.07, 6.45) is 0. The lowest BCUT2D eigenvalue weighted by atomic mass is 9.96. The maximum atomic E-state index is 10.8. The Bertz CT molecular complexity index is 229. The Morgan fingerprint density at radius 1 is 1.69 bits per heavy atom. The Balaban J connectivity index is 2.89. The minimum atomic E-state index is -1.09. The minimum absolute atomic E-state index is 0.226. The maximum Gasteiger partial charge on any atom is 0.331 e. The summed E-state index contributed by atoms with van der Waals surface area (Å²) in [7, 11) is 0. The third kappa shape index (κ3) is 1.77. The Kier molecular flexibility index (Phi) is 2.51. The second-order valence-corrected chi connectivity index (χ2v) is 3.44. The molecule has 1 fully saturated rings. The monoisotopic (exact) mass is 188 g/mol. The highest BCUT2D eigenvalue weighted by atomic mass is 16.5. The predicted octanol–water partition coefficient (Wildman–Crippen LogP) is 0.232. The van der Waals surface area contributed by atoms with Crippen molar-refractivity contribution >= 4 is 5.97 Å². The highest BCUT2D eigenvalue weighted by molar-refractivity contribution is 5.75. The van der Waals surface area contributed by atoms with Crippen molar-refractivity contribution < 1.29 is 14.6 Å². The molecule has 1 saturated heterocycles. The Labute approximate surface area is 75.4 Å². The molecule has 0 saturated carbocycles. The SMILES string of the molecule is CC1(C)OCCN(N=O)C1C(=O)O. The van der Waals surface area contributed by atoms with Crippen LogP contribution in [-0.4, -0.2) is 40.9 Å². The molecule has 74 valence electrons. The lowest BCUT2D eigenvalue weighted by molar-refractivity contribution is -0.171. The van der Waals surface area contributed by atoms with Gasteiger partial charge in [0.1, 0.15) is 0 Å².